The topological polar surface area (TPSA) is 55.4 Å². The molecule has 3 fully saturated rings. The van der Waals surface area contributed by atoms with Crippen LogP contribution < -0.4 is 0 Å². The highest BCUT2D eigenvalue weighted by molar-refractivity contribution is 4.78. The lowest BCUT2D eigenvalue weighted by atomic mass is 9.84. The molecule has 0 radical (unpaired) electrons. The summed E-state index contributed by atoms with van der Waals surface area (Å²) in [6, 6.07) is 0. The molecule has 0 bridgehead atoms. The van der Waals surface area contributed by atoms with Crippen molar-refractivity contribution in [2.75, 3.05) is 66.1 Å². The first-order valence-electron chi connectivity index (χ1n) is 12.5. The Balaban J connectivity index is 1.55. The summed E-state index contributed by atoms with van der Waals surface area (Å²) in [7, 11) is 0. The van der Waals surface area contributed by atoms with Crippen LogP contribution in [0.4, 0.5) is 0 Å². The van der Waals surface area contributed by atoms with E-state index in [9.17, 15) is 0 Å². The van der Waals surface area contributed by atoms with Crippen LogP contribution >= 0.6 is 0 Å². The number of hydrogen-bond donors (Lipinski definition) is 0. The van der Waals surface area contributed by atoms with Crippen LogP contribution in [-0.4, -0.2) is 78.3 Å². The zero-order chi connectivity index (χ0) is 20.7. The Morgan fingerprint density at radius 3 is 1.33 bits per heavy atom. The van der Waals surface area contributed by atoms with Gasteiger partial charge in [-0.25, -0.2) is 0 Å². The Hall–Kier alpha value is -0.240. The molecule has 2 saturated carbocycles. The fourth-order valence-electron chi connectivity index (χ4n) is 4.99. The van der Waals surface area contributed by atoms with Crippen molar-refractivity contribution < 1.29 is 28.4 Å². The van der Waals surface area contributed by atoms with Gasteiger partial charge in [0.25, 0.3) is 0 Å². The molecule has 6 nitrogen and oxygen atoms in total. The molecule has 1 aliphatic heterocycles. The van der Waals surface area contributed by atoms with Gasteiger partial charge in [-0.1, -0.05) is 38.5 Å². The van der Waals surface area contributed by atoms with Crippen LogP contribution in [0.15, 0.2) is 0 Å². The van der Waals surface area contributed by atoms with E-state index in [1.165, 1.54) is 64.2 Å². The van der Waals surface area contributed by atoms with Crippen LogP contribution in [0.5, 0.6) is 0 Å². The molecule has 1 heterocycles. The molecule has 0 amide bonds. The molecule has 0 aromatic carbocycles. The molecule has 2 unspecified atom stereocenters. The van der Waals surface area contributed by atoms with Crippen molar-refractivity contribution in [2.24, 2.45) is 11.8 Å². The van der Waals surface area contributed by atoms with Crippen LogP contribution in [-0.2, 0) is 28.4 Å². The first-order chi connectivity index (χ1) is 14.9. The lowest BCUT2D eigenvalue weighted by Crippen LogP contribution is -2.38. The zero-order valence-electron chi connectivity index (χ0n) is 18.9. The van der Waals surface area contributed by atoms with Gasteiger partial charge < -0.3 is 28.4 Å². The highest BCUT2D eigenvalue weighted by Gasteiger charge is 2.29. The summed E-state index contributed by atoms with van der Waals surface area (Å²) in [4.78, 5) is 0. The molecule has 2 atom stereocenters. The first-order valence-corrected chi connectivity index (χ1v) is 12.5. The molecule has 0 N–H and O–H groups in total. The summed E-state index contributed by atoms with van der Waals surface area (Å²) in [5, 5.41) is 0. The molecule has 1 saturated heterocycles. The molecule has 176 valence electrons. The second-order valence-electron chi connectivity index (χ2n) is 8.99. The van der Waals surface area contributed by atoms with Crippen LogP contribution in [0.1, 0.15) is 64.2 Å². The van der Waals surface area contributed by atoms with Crippen molar-refractivity contribution in [3.05, 3.63) is 0 Å². The van der Waals surface area contributed by atoms with Gasteiger partial charge in [0.15, 0.2) is 0 Å². The Kier molecular flexibility index (Phi) is 12.6. The lowest BCUT2D eigenvalue weighted by molar-refractivity contribution is -0.119. The molecular weight excluding hydrogens is 384 g/mol. The monoisotopic (exact) mass is 428 g/mol. The minimum atomic E-state index is 0.165. The summed E-state index contributed by atoms with van der Waals surface area (Å²) in [6.07, 6.45) is 13.3. The number of ether oxygens (including phenoxy) is 6. The van der Waals surface area contributed by atoms with E-state index in [1.54, 1.807) is 0 Å². The van der Waals surface area contributed by atoms with Gasteiger partial charge in [-0.3, -0.25) is 0 Å². The minimum Gasteiger partial charge on any atom is -0.377 e. The molecule has 30 heavy (non-hydrogen) atoms. The quantitative estimate of drug-likeness (QED) is 0.663. The zero-order valence-corrected chi connectivity index (χ0v) is 18.9. The van der Waals surface area contributed by atoms with E-state index in [0.717, 1.165) is 0 Å². The predicted molar refractivity (Wildman–Crippen MR) is 116 cm³/mol. The molecule has 6 heteroatoms. The van der Waals surface area contributed by atoms with E-state index in [1.807, 2.05) is 0 Å². The standard InChI is InChI=1S/C24H44O6/c1-3-7-21(8-4-1)23-19-28-16-15-26-12-11-25-13-14-27-17-18-29-24(20-30-23)22-9-5-2-6-10-22/h21-24H,1-20H2. The van der Waals surface area contributed by atoms with Gasteiger partial charge in [0.05, 0.1) is 78.3 Å². The summed E-state index contributed by atoms with van der Waals surface area (Å²) >= 11 is 0. The Labute approximate surface area is 183 Å². The third-order valence-electron chi connectivity index (χ3n) is 6.78. The van der Waals surface area contributed by atoms with Gasteiger partial charge in [0.2, 0.25) is 0 Å². The van der Waals surface area contributed by atoms with Gasteiger partial charge in [0, 0.05) is 0 Å². The molecule has 0 aromatic heterocycles. The van der Waals surface area contributed by atoms with E-state index in [4.69, 9.17) is 28.4 Å². The smallest absolute Gasteiger partial charge is 0.0837 e. The average Bonchev–Trinajstić information content (AvgIpc) is 2.80. The maximum atomic E-state index is 6.54. The maximum absolute atomic E-state index is 6.54. The number of hydrogen-bond acceptors (Lipinski definition) is 6. The lowest BCUT2D eigenvalue weighted by Gasteiger charge is -2.34. The van der Waals surface area contributed by atoms with Gasteiger partial charge in [0.1, 0.15) is 0 Å². The van der Waals surface area contributed by atoms with Crippen molar-refractivity contribution in [1.29, 1.82) is 0 Å². The highest BCUT2D eigenvalue weighted by atomic mass is 16.6. The van der Waals surface area contributed by atoms with Crippen molar-refractivity contribution in [3.8, 4) is 0 Å². The van der Waals surface area contributed by atoms with E-state index in [2.05, 4.69) is 0 Å². The first kappa shape index (κ1) is 24.4. The molecular formula is C24H44O6. The van der Waals surface area contributed by atoms with Crippen molar-refractivity contribution in [2.45, 2.75) is 76.4 Å². The van der Waals surface area contributed by atoms with Crippen LogP contribution in [0.25, 0.3) is 0 Å². The summed E-state index contributed by atoms with van der Waals surface area (Å²) in [6.45, 7) is 6.16. The van der Waals surface area contributed by atoms with E-state index >= 15 is 0 Å². The Morgan fingerprint density at radius 2 is 0.800 bits per heavy atom. The highest BCUT2D eigenvalue weighted by Crippen LogP contribution is 2.31. The average molecular weight is 429 g/mol. The van der Waals surface area contributed by atoms with Gasteiger partial charge in [-0.15, -0.1) is 0 Å². The van der Waals surface area contributed by atoms with Gasteiger partial charge in [-0.2, -0.15) is 0 Å². The van der Waals surface area contributed by atoms with E-state index in [-0.39, 0.29) is 12.2 Å². The third kappa shape index (κ3) is 9.49. The SMILES string of the molecule is C1CCC(C2COCCOCCOCCOCCOC(C3CCCCC3)CO2)CC1. The van der Waals surface area contributed by atoms with Gasteiger partial charge in [-0.05, 0) is 37.5 Å². The third-order valence-corrected chi connectivity index (χ3v) is 6.78. The predicted octanol–water partition coefficient (Wildman–Crippen LogP) is 4.00. The van der Waals surface area contributed by atoms with Crippen LogP contribution in [0.2, 0.25) is 0 Å². The van der Waals surface area contributed by atoms with Crippen molar-refractivity contribution in [3.63, 3.8) is 0 Å². The summed E-state index contributed by atoms with van der Waals surface area (Å²) in [5.74, 6) is 1.21. The molecule has 3 aliphatic rings. The second-order valence-corrected chi connectivity index (χ2v) is 8.99. The van der Waals surface area contributed by atoms with Gasteiger partial charge >= 0.3 is 0 Å². The molecule has 0 spiro atoms. The molecule has 2 aliphatic carbocycles. The minimum absolute atomic E-state index is 0.165. The largest absolute Gasteiger partial charge is 0.377 e. The maximum Gasteiger partial charge on any atom is 0.0837 e. The molecule has 0 aromatic rings. The Bertz CT molecular complexity index is 371. The van der Waals surface area contributed by atoms with Crippen molar-refractivity contribution in [1.82, 2.24) is 0 Å². The second kappa shape index (κ2) is 15.5. The number of rotatable bonds is 2. The van der Waals surface area contributed by atoms with Crippen LogP contribution in [0, 0.1) is 11.8 Å². The van der Waals surface area contributed by atoms with E-state index < -0.39 is 0 Å². The normalized spacial score (nSPS) is 31.6. The Morgan fingerprint density at radius 1 is 0.367 bits per heavy atom. The van der Waals surface area contributed by atoms with Crippen molar-refractivity contribution >= 4 is 0 Å². The fourth-order valence-corrected chi connectivity index (χ4v) is 4.99. The van der Waals surface area contributed by atoms with Crippen LogP contribution in [0.3, 0.4) is 0 Å². The summed E-state index contributed by atoms with van der Waals surface area (Å²) < 4.78 is 35.7. The van der Waals surface area contributed by atoms with E-state index in [0.29, 0.717) is 77.9 Å². The molecule has 3 rings (SSSR count). The summed E-state index contributed by atoms with van der Waals surface area (Å²) in [5.41, 5.74) is 0. The fraction of sp³-hybridized carbons (Fsp3) is 1.00.